The van der Waals surface area contributed by atoms with E-state index >= 15 is 0 Å². The van der Waals surface area contributed by atoms with Crippen LogP contribution in [0.5, 0.6) is 0 Å². The lowest BCUT2D eigenvalue weighted by Gasteiger charge is -2.21. The van der Waals surface area contributed by atoms with E-state index in [9.17, 15) is 4.39 Å². The first-order chi connectivity index (χ1) is 9.72. The van der Waals surface area contributed by atoms with E-state index in [1.54, 1.807) is 12.3 Å². The third kappa shape index (κ3) is 2.75. The van der Waals surface area contributed by atoms with Gasteiger partial charge in [0.25, 0.3) is 0 Å². The third-order valence-corrected chi connectivity index (χ3v) is 3.78. The minimum atomic E-state index is -0.256. The smallest absolute Gasteiger partial charge is 0.208 e. The van der Waals surface area contributed by atoms with E-state index in [0.29, 0.717) is 5.96 Å². The normalized spacial score (nSPS) is 14.8. The number of rotatable bonds is 2. The monoisotopic (exact) mass is 288 g/mol. The molecule has 0 fully saturated rings. The van der Waals surface area contributed by atoms with Gasteiger partial charge in [-0.05, 0) is 36.8 Å². The molecule has 1 atom stereocenters. The van der Waals surface area contributed by atoms with Crippen molar-refractivity contribution in [2.45, 2.75) is 17.9 Å². The Morgan fingerprint density at radius 1 is 1.35 bits per heavy atom. The highest BCUT2D eigenvalue weighted by molar-refractivity contribution is 7.98. The van der Waals surface area contributed by atoms with Crippen molar-refractivity contribution in [3.8, 4) is 0 Å². The van der Waals surface area contributed by atoms with Crippen LogP contribution in [0.3, 0.4) is 0 Å². The molecular formula is C14H13FN4S. The predicted molar refractivity (Wildman–Crippen MR) is 79.1 cm³/mol. The lowest BCUT2D eigenvalue weighted by molar-refractivity contribution is 0.624. The maximum Gasteiger partial charge on any atom is 0.208 e. The Labute approximate surface area is 120 Å². The predicted octanol–water partition coefficient (Wildman–Crippen LogP) is 3.36. The van der Waals surface area contributed by atoms with E-state index in [2.05, 4.69) is 20.0 Å². The Kier molecular flexibility index (Phi) is 3.56. The fourth-order valence-electron chi connectivity index (χ4n) is 1.90. The number of halogens is 1. The van der Waals surface area contributed by atoms with Gasteiger partial charge in [0.1, 0.15) is 5.82 Å². The van der Waals surface area contributed by atoms with Crippen LogP contribution in [-0.4, -0.2) is 10.9 Å². The zero-order valence-electron chi connectivity index (χ0n) is 10.8. The number of nitrogens with one attached hydrogen (secondary N) is 2. The number of anilines is 1. The Morgan fingerprint density at radius 2 is 2.25 bits per heavy atom. The van der Waals surface area contributed by atoms with Crippen LogP contribution in [0.2, 0.25) is 0 Å². The number of nitrogens with zero attached hydrogens (tertiary/aromatic N) is 2. The molecule has 20 heavy (non-hydrogen) atoms. The first-order valence-electron chi connectivity index (χ1n) is 6.20. The first-order valence-corrected chi connectivity index (χ1v) is 6.98. The standard InChI is InChI=1S/C14H13FN4S/c1-9(10-3-2-6-16-8-10)17-14-18-12-5-4-11(15)7-13(12)20-19-14/h2-9H,1H3,(H2,17,18,19). The molecule has 0 radical (unpaired) electrons. The van der Waals surface area contributed by atoms with Gasteiger partial charge in [-0.15, -0.1) is 0 Å². The Morgan fingerprint density at radius 3 is 3.05 bits per heavy atom. The summed E-state index contributed by atoms with van der Waals surface area (Å²) in [7, 11) is 0. The summed E-state index contributed by atoms with van der Waals surface area (Å²) < 4.78 is 17.4. The van der Waals surface area contributed by atoms with Crippen LogP contribution >= 0.6 is 11.9 Å². The molecule has 6 heteroatoms. The highest BCUT2D eigenvalue weighted by atomic mass is 32.2. The molecule has 0 amide bonds. The molecule has 1 aromatic carbocycles. The fourth-order valence-corrected chi connectivity index (χ4v) is 2.57. The molecule has 1 unspecified atom stereocenters. The summed E-state index contributed by atoms with van der Waals surface area (Å²) in [5.74, 6) is 0.402. The summed E-state index contributed by atoms with van der Waals surface area (Å²) in [6, 6.07) is 8.60. The second-order valence-electron chi connectivity index (χ2n) is 4.45. The molecule has 0 saturated heterocycles. The Hall–Kier alpha value is -2.08. The summed E-state index contributed by atoms with van der Waals surface area (Å²) in [5, 5.41) is 6.43. The zero-order valence-corrected chi connectivity index (χ0v) is 11.6. The van der Waals surface area contributed by atoms with Gasteiger partial charge in [-0.1, -0.05) is 6.07 Å². The van der Waals surface area contributed by atoms with Gasteiger partial charge < -0.3 is 10.6 Å². The Bertz CT molecular complexity index is 645. The second kappa shape index (κ2) is 5.50. The van der Waals surface area contributed by atoms with Gasteiger partial charge in [0.2, 0.25) is 5.96 Å². The van der Waals surface area contributed by atoms with E-state index in [0.717, 1.165) is 16.1 Å². The van der Waals surface area contributed by atoms with Gasteiger partial charge in [0.15, 0.2) is 0 Å². The molecule has 2 N–H and O–H groups in total. The molecule has 4 nitrogen and oxygen atoms in total. The molecular weight excluding hydrogens is 275 g/mol. The van der Waals surface area contributed by atoms with Crippen molar-refractivity contribution in [3.05, 3.63) is 54.1 Å². The lowest BCUT2D eigenvalue weighted by Crippen LogP contribution is -2.33. The van der Waals surface area contributed by atoms with Gasteiger partial charge in [-0.2, -0.15) is 4.40 Å². The summed E-state index contributed by atoms with van der Waals surface area (Å²) in [6.07, 6.45) is 3.56. The van der Waals surface area contributed by atoms with Crippen molar-refractivity contribution in [2.24, 2.45) is 4.40 Å². The van der Waals surface area contributed by atoms with Crippen molar-refractivity contribution >= 4 is 23.6 Å². The highest BCUT2D eigenvalue weighted by Crippen LogP contribution is 2.32. The molecule has 2 aromatic rings. The molecule has 0 aliphatic carbocycles. The van der Waals surface area contributed by atoms with Crippen LogP contribution in [0.4, 0.5) is 10.1 Å². The molecule has 2 heterocycles. The summed E-state index contributed by atoms with van der Waals surface area (Å²) >= 11 is 1.26. The van der Waals surface area contributed by atoms with E-state index in [4.69, 9.17) is 0 Å². The van der Waals surface area contributed by atoms with Gasteiger partial charge in [-0.25, -0.2) is 4.39 Å². The molecule has 102 valence electrons. The number of hydrogen-bond acceptors (Lipinski definition) is 5. The molecule has 1 aromatic heterocycles. The van der Waals surface area contributed by atoms with Crippen LogP contribution < -0.4 is 10.6 Å². The highest BCUT2D eigenvalue weighted by Gasteiger charge is 2.15. The van der Waals surface area contributed by atoms with Crippen LogP contribution in [0.1, 0.15) is 18.5 Å². The molecule has 0 bridgehead atoms. The largest absolute Gasteiger partial charge is 0.349 e. The van der Waals surface area contributed by atoms with Crippen molar-refractivity contribution in [2.75, 3.05) is 5.32 Å². The van der Waals surface area contributed by atoms with Crippen molar-refractivity contribution in [1.29, 1.82) is 0 Å². The summed E-state index contributed by atoms with van der Waals surface area (Å²) in [5.41, 5.74) is 1.93. The molecule has 0 saturated carbocycles. The van der Waals surface area contributed by atoms with Gasteiger partial charge in [0.05, 0.1) is 16.6 Å². The topological polar surface area (TPSA) is 49.3 Å². The maximum absolute atomic E-state index is 13.1. The number of hydrogen-bond donors (Lipinski definition) is 2. The van der Waals surface area contributed by atoms with Crippen LogP contribution in [0.25, 0.3) is 0 Å². The van der Waals surface area contributed by atoms with E-state index in [-0.39, 0.29) is 11.9 Å². The number of aromatic nitrogens is 1. The summed E-state index contributed by atoms with van der Waals surface area (Å²) in [4.78, 5) is 4.88. The second-order valence-corrected chi connectivity index (χ2v) is 5.25. The molecule has 3 rings (SSSR count). The first kappa shape index (κ1) is 12.9. The molecule has 0 spiro atoms. The van der Waals surface area contributed by atoms with Gasteiger partial charge >= 0.3 is 0 Å². The quantitative estimate of drug-likeness (QED) is 0.832. The van der Waals surface area contributed by atoms with E-state index in [1.807, 2.05) is 25.3 Å². The average molecular weight is 288 g/mol. The van der Waals surface area contributed by atoms with Crippen molar-refractivity contribution in [1.82, 2.24) is 10.3 Å². The Balaban J connectivity index is 1.71. The van der Waals surface area contributed by atoms with E-state index in [1.165, 1.54) is 24.1 Å². The lowest BCUT2D eigenvalue weighted by atomic mass is 10.1. The fraction of sp³-hybridized carbons (Fsp3) is 0.143. The number of benzene rings is 1. The van der Waals surface area contributed by atoms with Crippen LogP contribution in [-0.2, 0) is 0 Å². The maximum atomic E-state index is 13.1. The number of guanidine groups is 1. The minimum absolute atomic E-state index is 0.0811. The molecule has 1 aliphatic heterocycles. The zero-order chi connectivity index (χ0) is 13.9. The van der Waals surface area contributed by atoms with Gasteiger partial charge in [-0.3, -0.25) is 4.98 Å². The van der Waals surface area contributed by atoms with Crippen LogP contribution in [0, 0.1) is 5.82 Å². The average Bonchev–Trinajstić information content (AvgIpc) is 2.48. The third-order valence-electron chi connectivity index (χ3n) is 2.97. The SMILES string of the molecule is CC(NC1=NSc2cc(F)ccc2N1)c1cccnc1. The minimum Gasteiger partial charge on any atom is -0.349 e. The van der Waals surface area contributed by atoms with Crippen molar-refractivity contribution < 1.29 is 4.39 Å². The number of pyridine rings is 1. The summed E-state index contributed by atoms with van der Waals surface area (Å²) in [6.45, 7) is 2.03. The van der Waals surface area contributed by atoms with E-state index < -0.39 is 0 Å². The van der Waals surface area contributed by atoms with Crippen molar-refractivity contribution in [3.63, 3.8) is 0 Å². The van der Waals surface area contributed by atoms with Crippen LogP contribution in [0.15, 0.2) is 52.0 Å². The number of fused-ring (bicyclic) bond motifs is 1. The molecule has 1 aliphatic rings. The van der Waals surface area contributed by atoms with Gasteiger partial charge in [0, 0.05) is 24.3 Å².